The van der Waals surface area contributed by atoms with Gasteiger partial charge in [-0.15, -0.1) is 0 Å². The molecule has 0 heterocycles. The van der Waals surface area contributed by atoms with Crippen molar-refractivity contribution in [3.63, 3.8) is 0 Å². The molecule has 0 radical (unpaired) electrons. The Labute approximate surface area is 137 Å². The highest BCUT2D eigenvalue weighted by molar-refractivity contribution is 5.79. The van der Waals surface area contributed by atoms with Gasteiger partial charge in [-0.05, 0) is 18.6 Å². The van der Waals surface area contributed by atoms with Crippen molar-refractivity contribution in [3.8, 4) is 11.5 Å². The number of amides is 1. The van der Waals surface area contributed by atoms with Crippen LogP contribution in [0.4, 0.5) is 0 Å². The van der Waals surface area contributed by atoms with Crippen molar-refractivity contribution in [1.29, 1.82) is 0 Å². The van der Waals surface area contributed by atoms with E-state index in [2.05, 4.69) is 0 Å². The van der Waals surface area contributed by atoms with E-state index in [0.717, 1.165) is 6.42 Å². The van der Waals surface area contributed by atoms with E-state index in [9.17, 15) is 9.59 Å². The van der Waals surface area contributed by atoms with Crippen LogP contribution >= 0.6 is 0 Å². The zero-order valence-electron chi connectivity index (χ0n) is 14.2. The lowest BCUT2D eigenvalue weighted by molar-refractivity contribution is -0.146. The minimum Gasteiger partial charge on any atom is -0.493 e. The Morgan fingerprint density at radius 3 is 2.39 bits per heavy atom. The van der Waals surface area contributed by atoms with E-state index in [-0.39, 0.29) is 24.4 Å². The quantitative estimate of drug-likeness (QED) is 0.651. The zero-order chi connectivity index (χ0) is 17.2. The van der Waals surface area contributed by atoms with E-state index >= 15 is 0 Å². The van der Waals surface area contributed by atoms with Gasteiger partial charge in [-0.2, -0.15) is 0 Å². The number of nitrogens with zero attached hydrogens (tertiary/aromatic N) is 1. The molecule has 0 aliphatic rings. The third-order valence-corrected chi connectivity index (χ3v) is 3.36. The molecule has 0 bridgehead atoms. The molecular formula is C17H25NO5. The average molecular weight is 323 g/mol. The number of benzene rings is 1. The van der Waals surface area contributed by atoms with E-state index in [1.807, 2.05) is 19.1 Å². The second kappa shape index (κ2) is 9.71. The summed E-state index contributed by atoms with van der Waals surface area (Å²) in [6, 6.07) is 7.15. The Morgan fingerprint density at radius 2 is 1.83 bits per heavy atom. The third kappa shape index (κ3) is 5.81. The van der Waals surface area contributed by atoms with E-state index in [1.165, 1.54) is 7.11 Å². The van der Waals surface area contributed by atoms with Crippen LogP contribution < -0.4 is 9.47 Å². The highest BCUT2D eigenvalue weighted by atomic mass is 16.5. The summed E-state index contributed by atoms with van der Waals surface area (Å²) >= 11 is 0. The van der Waals surface area contributed by atoms with E-state index in [0.29, 0.717) is 24.6 Å². The molecule has 1 amide bonds. The van der Waals surface area contributed by atoms with Gasteiger partial charge in [0.1, 0.15) is 0 Å². The van der Waals surface area contributed by atoms with Crippen molar-refractivity contribution in [2.45, 2.75) is 20.3 Å². The van der Waals surface area contributed by atoms with Crippen molar-refractivity contribution in [2.75, 3.05) is 33.9 Å². The fraction of sp³-hybridized carbons (Fsp3) is 0.529. The van der Waals surface area contributed by atoms with Gasteiger partial charge < -0.3 is 19.1 Å². The summed E-state index contributed by atoms with van der Waals surface area (Å²) in [6.45, 7) is 4.49. The summed E-state index contributed by atoms with van der Waals surface area (Å²) in [4.78, 5) is 25.5. The van der Waals surface area contributed by atoms with Crippen LogP contribution in [0, 0.1) is 5.92 Å². The maximum absolute atomic E-state index is 12.4. The monoisotopic (exact) mass is 323 g/mol. The predicted molar refractivity (Wildman–Crippen MR) is 86.5 cm³/mol. The Bertz CT molecular complexity index is 517. The Balaban J connectivity index is 2.65. The molecule has 0 saturated carbocycles. The topological polar surface area (TPSA) is 65.1 Å². The number of hydrogen-bond donors (Lipinski definition) is 0. The van der Waals surface area contributed by atoms with Crippen LogP contribution in [0.5, 0.6) is 11.5 Å². The lowest BCUT2D eigenvalue weighted by Gasteiger charge is -2.24. The van der Waals surface area contributed by atoms with Crippen molar-refractivity contribution < 1.29 is 23.8 Å². The maximum atomic E-state index is 12.4. The minimum absolute atomic E-state index is 0.103. The molecule has 1 aromatic carbocycles. The van der Waals surface area contributed by atoms with Crippen LogP contribution in [0.25, 0.3) is 0 Å². The molecule has 23 heavy (non-hydrogen) atoms. The van der Waals surface area contributed by atoms with E-state index in [4.69, 9.17) is 14.2 Å². The second-order valence-electron chi connectivity index (χ2n) is 5.20. The Morgan fingerprint density at radius 1 is 1.17 bits per heavy atom. The highest BCUT2D eigenvalue weighted by Gasteiger charge is 2.21. The first-order valence-corrected chi connectivity index (χ1v) is 7.64. The lowest BCUT2D eigenvalue weighted by atomic mass is 10.1. The predicted octanol–water partition coefficient (Wildman–Crippen LogP) is 2.12. The summed E-state index contributed by atoms with van der Waals surface area (Å²) in [5.74, 6) is 0.214. The van der Waals surface area contributed by atoms with Crippen molar-refractivity contribution in [3.05, 3.63) is 24.3 Å². The molecule has 0 aliphatic heterocycles. The number of ether oxygens (including phenoxy) is 3. The van der Waals surface area contributed by atoms with Crippen LogP contribution in [-0.2, 0) is 14.3 Å². The number of carbonyl (C=O) groups is 2. The smallest absolute Gasteiger partial charge is 0.310 e. The standard InChI is InChI=1S/C17H25NO5/c1-5-10-18(11-13(2)17(20)22-4)16(19)12-23-15-9-7-6-8-14(15)21-3/h6-9,13H,5,10-12H2,1-4H3. The largest absolute Gasteiger partial charge is 0.493 e. The minimum atomic E-state index is -0.373. The van der Waals surface area contributed by atoms with Gasteiger partial charge in [-0.1, -0.05) is 26.0 Å². The van der Waals surface area contributed by atoms with Crippen LogP contribution in [0.1, 0.15) is 20.3 Å². The first-order chi connectivity index (χ1) is 11.0. The van der Waals surface area contributed by atoms with Gasteiger partial charge in [0.25, 0.3) is 5.91 Å². The molecule has 0 aliphatic carbocycles. The van der Waals surface area contributed by atoms with Crippen LogP contribution in [0.3, 0.4) is 0 Å². The molecule has 0 aromatic heterocycles. The SMILES string of the molecule is CCCN(CC(C)C(=O)OC)C(=O)COc1ccccc1OC. The average Bonchev–Trinajstić information content (AvgIpc) is 2.58. The number of para-hydroxylation sites is 2. The number of hydrogen-bond acceptors (Lipinski definition) is 5. The molecule has 0 spiro atoms. The number of esters is 1. The molecule has 0 fully saturated rings. The summed E-state index contributed by atoms with van der Waals surface area (Å²) in [6.07, 6.45) is 0.800. The highest BCUT2D eigenvalue weighted by Crippen LogP contribution is 2.25. The van der Waals surface area contributed by atoms with Gasteiger partial charge in [-0.25, -0.2) is 0 Å². The first-order valence-electron chi connectivity index (χ1n) is 7.64. The van der Waals surface area contributed by atoms with Crippen LogP contribution in [-0.4, -0.2) is 50.7 Å². The summed E-state index contributed by atoms with van der Waals surface area (Å²) < 4.78 is 15.4. The molecular weight excluding hydrogens is 298 g/mol. The Kier molecular flexibility index (Phi) is 7.94. The Hall–Kier alpha value is -2.24. The third-order valence-electron chi connectivity index (χ3n) is 3.36. The zero-order valence-corrected chi connectivity index (χ0v) is 14.2. The molecule has 6 nitrogen and oxygen atoms in total. The van der Waals surface area contributed by atoms with Crippen LogP contribution in [0.15, 0.2) is 24.3 Å². The van der Waals surface area contributed by atoms with Gasteiger partial charge in [-0.3, -0.25) is 9.59 Å². The fourth-order valence-corrected chi connectivity index (χ4v) is 2.16. The summed E-state index contributed by atoms with van der Waals surface area (Å²) in [5.41, 5.74) is 0. The molecule has 128 valence electrons. The number of rotatable bonds is 9. The van der Waals surface area contributed by atoms with E-state index < -0.39 is 0 Å². The van der Waals surface area contributed by atoms with Gasteiger partial charge in [0, 0.05) is 13.1 Å². The van der Waals surface area contributed by atoms with E-state index in [1.54, 1.807) is 31.1 Å². The lowest BCUT2D eigenvalue weighted by Crippen LogP contribution is -2.40. The molecule has 1 aromatic rings. The molecule has 6 heteroatoms. The summed E-state index contributed by atoms with van der Waals surface area (Å²) in [5, 5.41) is 0. The second-order valence-corrected chi connectivity index (χ2v) is 5.20. The van der Waals surface area contributed by atoms with Crippen LogP contribution in [0.2, 0.25) is 0 Å². The molecule has 0 N–H and O–H groups in total. The van der Waals surface area contributed by atoms with Gasteiger partial charge in [0.15, 0.2) is 18.1 Å². The maximum Gasteiger partial charge on any atom is 0.310 e. The van der Waals surface area contributed by atoms with Gasteiger partial charge >= 0.3 is 5.97 Å². The van der Waals surface area contributed by atoms with Crippen molar-refractivity contribution in [2.24, 2.45) is 5.92 Å². The molecule has 1 unspecified atom stereocenters. The van der Waals surface area contributed by atoms with Gasteiger partial charge in [0.2, 0.25) is 0 Å². The number of methoxy groups -OCH3 is 2. The van der Waals surface area contributed by atoms with Crippen molar-refractivity contribution in [1.82, 2.24) is 4.90 Å². The van der Waals surface area contributed by atoms with Gasteiger partial charge in [0.05, 0.1) is 20.1 Å². The molecule has 0 saturated heterocycles. The summed E-state index contributed by atoms with van der Waals surface area (Å²) in [7, 11) is 2.89. The number of carbonyl (C=O) groups excluding carboxylic acids is 2. The molecule has 1 atom stereocenters. The fourth-order valence-electron chi connectivity index (χ4n) is 2.16. The normalized spacial score (nSPS) is 11.5. The molecule has 1 rings (SSSR count). The van der Waals surface area contributed by atoms with Crippen molar-refractivity contribution >= 4 is 11.9 Å². The first kappa shape index (κ1) is 18.8.